The van der Waals surface area contributed by atoms with Crippen LogP contribution in [-0.2, 0) is 14.3 Å². The minimum absolute atomic E-state index is 0.158. The van der Waals surface area contributed by atoms with Crippen LogP contribution < -0.4 is 11.1 Å². The Morgan fingerprint density at radius 3 is 2.80 bits per heavy atom. The summed E-state index contributed by atoms with van der Waals surface area (Å²) in [5, 5.41) is 3.44. The average molecular weight is 319 g/mol. The first-order chi connectivity index (χ1) is 9.56. The first-order valence-electron chi connectivity index (χ1n) is 6.30. The maximum absolute atomic E-state index is 11.8. The van der Waals surface area contributed by atoms with Crippen molar-refractivity contribution >= 4 is 40.5 Å². The molecular weight excluding hydrogens is 303 g/mol. The van der Waals surface area contributed by atoms with E-state index in [9.17, 15) is 4.79 Å². The number of rotatable bonds is 6. The number of halogens is 2. The number of amides is 1. The highest BCUT2D eigenvalue weighted by atomic mass is 35.5. The molecule has 0 atom stereocenters. The molecule has 1 aliphatic rings. The molecule has 0 aromatic heterocycles. The second-order valence-corrected chi connectivity index (χ2v) is 5.38. The molecule has 2 rings (SSSR count). The van der Waals surface area contributed by atoms with Gasteiger partial charge in [0.15, 0.2) is 0 Å². The van der Waals surface area contributed by atoms with E-state index in [-0.39, 0.29) is 12.0 Å². The first-order valence-corrected chi connectivity index (χ1v) is 7.05. The fourth-order valence-corrected chi connectivity index (χ4v) is 2.28. The Bertz CT molecular complexity index is 469. The van der Waals surface area contributed by atoms with Gasteiger partial charge in [-0.2, -0.15) is 0 Å². The molecule has 20 heavy (non-hydrogen) atoms. The molecule has 1 aromatic rings. The van der Waals surface area contributed by atoms with Crippen LogP contribution >= 0.6 is 23.2 Å². The maximum Gasteiger partial charge on any atom is 0.224 e. The second kappa shape index (κ2) is 7.13. The van der Waals surface area contributed by atoms with E-state index in [0.29, 0.717) is 54.1 Å². The number of hydrogen-bond acceptors (Lipinski definition) is 4. The standard InChI is InChI=1S/C13H16Cl2N2O3/c14-8-4-10(15)13(11(16)5-8)17-12(18)2-1-3-20-9-6-19-7-9/h4-5,9H,1-3,6-7,16H2,(H,17,18). The molecule has 0 spiro atoms. The smallest absolute Gasteiger partial charge is 0.224 e. The van der Waals surface area contributed by atoms with Gasteiger partial charge < -0.3 is 20.5 Å². The number of nitrogen functional groups attached to an aromatic ring is 1. The third-order valence-electron chi connectivity index (χ3n) is 2.86. The Morgan fingerprint density at radius 1 is 1.45 bits per heavy atom. The van der Waals surface area contributed by atoms with Gasteiger partial charge in [-0.3, -0.25) is 4.79 Å². The Kier molecular flexibility index (Phi) is 5.48. The molecule has 110 valence electrons. The second-order valence-electron chi connectivity index (χ2n) is 4.53. The lowest BCUT2D eigenvalue weighted by Crippen LogP contribution is -2.36. The number of anilines is 2. The quantitative estimate of drug-likeness (QED) is 0.624. The molecule has 1 fully saturated rings. The molecule has 1 saturated heterocycles. The van der Waals surface area contributed by atoms with Crippen LogP contribution in [0.5, 0.6) is 0 Å². The summed E-state index contributed by atoms with van der Waals surface area (Å²) < 4.78 is 10.5. The van der Waals surface area contributed by atoms with E-state index in [1.807, 2.05) is 0 Å². The van der Waals surface area contributed by atoms with Gasteiger partial charge in [-0.15, -0.1) is 0 Å². The number of nitrogens with two attached hydrogens (primary N) is 1. The zero-order valence-corrected chi connectivity index (χ0v) is 12.3. The van der Waals surface area contributed by atoms with Crippen molar-refractivity contribution in [2.45, 2.75) is 18.9 Å². The van der Waals surface area contributed by atoms with Gasteiger partial charge in [-0.1, -0.05) is 23.2 Å². The SMILES string of the molecule is Nc1cc(Cl)cc(Cl)c1NC(=O)CCCOC1COC1. The van der Waals surface area contributed by atoms with Gasteiger partial charge in [-0.05, 0) is 18.6 Å². The van der Waals surface area contributed by atoms with Gasteiger partial charge in [0.05, 0.1) is 29.6 Å². The highest BCUT2D eigenvalue weighted by Crippen LogP contribution is 2.32. The van der Waals surface area contributed by atoms with Gasteiger partial charge in [0.25, 0.3) is 0 Å². The highest BCUT2D eigenvalue weighted by Gasteiger charge is 2.18. The Hall–Kier alpha value is -1.01. The molecule has 0 unspecified atom stereocenters. The van der Waals surface area contributed by atoms with Crippen molar-refractivity contribution in [2.75, 3.05) is 30.9 Å². The predicted molar refractivity (Wildman–Crippen MR) is 79.3 cm³/mol. The number of carbonyl (C=O) groups is 1. The van der Waals surface area contributed by atoms with Crippen LogP contribution in [0.4, 0.5) is 11.4 Å². The Labute approximate surface area is 127 Å². The third-order valence-corrected chi connectivity index (χ3v) is 3.38. The average Bonchev–Trinajstić information content (AvgIpc) is 2.31. The minimum atomic E-state index is -0.158. The largest absolute Gasteiger partial charge is 0.397 e. The molecule has 0 bridgehead atoms. The Balaban J connectivity index is 1.76. The maximum atomic E-state index is 11.8. The topological polar surface area (TPSA) is 73.6 Å². The summed E-state index contributed by atoms with van der Waals surface area (Å²) >= 11 is 11.8. The number of carbonyl (C=O) groups excluding carboxylic acids is 1. The minimum Gasteiger partial charge on any atom is -0.397 e. The number of hydrogen-bond donors (Lipinski definition) is 2. The summed E-state index contributed by atoms with van der Waals surface area (Å²) in [6.45, 7) is 1.82. The van der Waals surface area contributed by atoms with Gasteiger partial charge in [-0.25, -0.2) is 0 Å². The molecule has 1 aliphatic heterocycles. The zero-order valence-electron chi connectivity index (χ0n) is 10.8. The summed E-state index contributed by atoms with van der Waals surface area (Å²) in [5.74, 6) is -0.158. The third kappa shape index (κ3) is 4.24. The summed E-state index contributed by atoms with van der Waals surface area (Å²) in [5.41, 5.74) is 6.51. The van der Waals surface area contributed by atoms with Crippen molar-refractivity contribution in [1.82, 2.24) is 0 Å². The van der Waals surface area contributed by atoms with Crippen molar-refractivity contribution in [3.05, 3.63) is 22.2 Å². The van der Waals surface area contributed by atoms with E-state index in [2.05, 4.69) is 5.32 Å². The fraction of sp³-hybridized carbons (Fsp3) is 0.462. The molecule has 5 nitrogen and oxygen atoms in total. The summed E-state index contributed by atoms with van der Waals surface area (Å²) in [4.78, 5) is 11.8. The normalized spacial score (nSPS) is 14.9. The molecule has 3 N–H and O–H groups in total. The van der Waals surface area contributed by atoms with Gasteiger partial charge in [0.2, 0.25) is 5.91 Å². The molecule has 7 heteroatoms. The molecular formula is C13H16Cl2N2O3. The van der Waals surface area contributed by atoms with Gasteiger partial charge in [0, 0.05) is 18.1 Å². The molecule has 1 heterocycles. The van der Waals surface area contributed by atoms with Crippen molar-refractivity contribution in [1.29, 1.82) is 0 Å². The van der Waals surface area contributed by atoms with Crippen LogP contribution in [0.25, 0.3) is 0 Å². The fourth-order valence-electron chi connectivity index (χ4n) is 1.72. The monoisotopic (exact) mass is 318 g/mol. The molecule has 1 amide bonds. The van der Waals surface area contributed by atoms with E-state index in [4.69, 9.17) is 38.4 Å². The molecule has 0 saturated carbocycles. The van der Waals surface area contributed by atoms with Crippen LogP contribution in [-0.4, -0.2) is 31.8 Å². The summed E-state index contributed by atoms with van der Waals surface area (Å²) in [6, 6.07) is 3.08. The highest BCUT2D eigenvalue weighted by molar-refractivity contribution is 6.37. The van der Waals surface area contributed by atoms with Crippen LogP contribution in [0.1, 0.15) is 12.8 Å². The van der Waals surface area contributed by atoms with Crippen molar-refractivity contribution in [3.63, 3.8) is 0 Å². The Morgan fingerprint density at radius 2 is 2.20 bits per heavy atom. The van der Waals surface area contributed by atoms with Crippen LogP contribution in [0.15, 0.2) is 12.1 Å². The van der Waals surface area contributed by atoms with Crippen LogP contribution in [0, 0.1) is 0 Å². The lowest BCUT2D eigenvalue weighted by molar-refractivity contribution is -0.131. The van der Waals surface area contributed by atoms with E-state index in [0.717, 1.165) is 0 Å². The number of nitrogens with one attached hydrogen (secondary N) is 1. The van der Waals surface area contributed by atoms with Crippen molar-refractivity contribution < 1.29 is 14.3 Å². The van der Waals surface area contributed by atoms with Gasteiger partial charge in [0.1, 0.15) is 6.10 Å². The number of ether oxygens (including phenoxy) is 2. The molecule has 1 aromatic carbocycles. The van der Waals surface area contributed by atoms with E-state index >= 15 is 0 Å². The first kappa shape index (κ1) is 15.4. The lowest BCUT2D eigenvalue weighted by atomic mass is 10.2. The summed E-state index contributed by atoms with van der Waals surface area (Å²) in [7, 11) is 0. The molecule has 0 radical (unpaired) electrons. The van der Waals surface area contributed by atoms with E-state index < -0.39 is 0 Å². The zero-order chi connectivity index (χ0) is 14.5. The predicted octanol–water partition coefficient (Wildman–Crippen LogP) is 2.71. The van der Waals surface area contributed by atoms with Crippen molar-refractivity contribution in [3.8, 4) is 0 Å². The lowest BCUT2D eigenvalue weighted by Gasteiger charge is -2.25. The van der Waals surface area contributed by atoms with Gasteiger partial charge >= 0.3 is 0 Å². The summed E-state index contributed by atoms with van der Waals surface area (Å²) in [6.07, 6.45) is 1.15. The van der Waals surface area contributed by atoms with Crippen LogP contribution in [0.3, 0.4) is 0 Å². The van der Waals surface area contributed by atoms with Crippen LogP contribution in [0.2, 0.25) is 10.0 Å². The van der Waals surface area contributed by atoms with E-state index in [1.54, 1.807) is 6.07 Å². The molecule has 0 aliphatic carbocycles. The number of benzene rings is 1. The van der Waals surface area contributed by atoms with E-state index in [1.165, 1.54) is 6.07 Å². The van der Waals surface area contributed by atoms with Crippen molar-refractivity contribution in [2.24, 2.45) is 0 Å².